The highest BCUT2D eigenvalue weighted by Gasteiger charge is 2.25. The van der Waals surface area contributed by atoms with Crippen molar-refractivity contribution in [1.82, 2.24) is 9.62 Å². The minimum absolute atomic E-state index is 0.141. The van der Waals surface area contributed by atoms with Crippen molar-refractivity contribution in [2.75, 3.05) is 13.6 Å². The second-order valence-corrected chi connectivity index (χ2v) is 7.74. The second-order valence-electron chi connectivity index (χ2n) is 5.15. The molecule has 0 aromatic carbocycles. The summed E-state index contributed by atoms with van der Waals surface area (Å²) in [5, 5.41) is 2.20. The van der Waals surface area contributed by atoms with Crippen molar-refractivity contribution in [2.45, 2.75) is 45.4 Å². The Morgan fingerprint density at radius 3 is 2.06 bits per heavy atom. The number of hydrogen-bond donors (Lipinski definition) is 1. The molecule has 5 nitrogen and oxygen atoms in total. The first-order valence-electron chi connectivity index (χ1n) is 5.23. The van der Waals surface area contributed by atoms with Gasteiger partial charge in [-0.1, -0.05) is 0 Å². The first-order valence-corrected chi connectivity index (χ1v) is 6.73. The van der Waals surface area contributed by atoms with Crippen LogP contribution in [-0.4, -0.2) is 43.0 Å². The molecule has 0 saturated carbocycles. The molecule has 0 aromatic rings. The minimum Gasteiger partial charge on any atom is -0.350 e. The summed E-state index contributed by atoms with van der Waals surface area (Å²) in [5.41, 5.74) is -0.348. The van der Waals surface area contributed by atoms with Gasteiger partial charge in [-0.25, -0.2) is 8.42 Å². The summed E-state index contributed by atoms with van der Waals surface area (Å²) in [4.78, 5) is 11.5. The van der Waals surface area contributed by atoms with Gasteiger partial charge in [0, 0.05) is 12.6 Å². The fourth-order valence-electron chi connectivity index (χ4n) is 1.11. The Labute approximate surface area is 98.3 Å². The van der Waals surface area contributed by atoms with Crippen molar-refractivity contribution < 1.29 is 13.2 Å². The Balaban J connectivity index is 4.48. The molecule has 96 valence electrons. The van der Waals surface area contributed by atoms with Crippen LogP contribution in [0, 0.1) is 0 Å². The number of nitrogens with zero attached hydrogens (tertiary/aromatic N) is 1. The molecule has 16 heavy (non-hydrogen) atoms. The van der Waals surface area contributed by atoms with E-state index in [0.29, 0.717) is 0 Å². The molecular weight excluding hydrogens is 228 g/mol. The number of rotatable bonds is 4. The summed E-state index contributed by atoms with van der Waals surface area (Å²) in [6.45, 7) is 8.59. The van der Waals surface area contributed by atoms with Crippen LogP contribution in [0.5, 0.6) is 0 Å². The molecule has 0 fully saturated rings. The zero-order chi connectivity index (χ0) is 13.1. The maximum atomic E-state index is 11.7. The third-order valence-electron chi connectivity index (χ3n) is 1.91. The molecule has 6 heteroatoms. The van der Waals surface area contributed by atoms with Gasteiger partial charge in [-0.3, -0.25) is 4.79 Å². The number of amides is 1. The zero-order valence-electron chi connectivity index (χ0n) is 10.9. The summed E-state index contributed by atoms with van der Waals surface area (Å²) in [6, 6.07) is 0. The molecule has 1 amide bonds. The Kier molecular flexibility index (Phi) is 4.94. The van der Waals surface area contributed by atoms with Gasteiger partial charge in [0.1, 0.15) is 0 Å². The van der Waals surface area contributed by atoms with Gasteiger partial charge in [-0.05, 0) is 34.6 Å². The van der Waals surface area contributed by atoms with Crippen molar-refractivity contribution in [2.24, 2.45) is 0 Å². The highest BCUT2D eigenvalue weighted by atomic mass is 32.2. The van der Waals surface area contributed by atoms with E-state index in [2.05, 4.69) is 5.32 Å². The van der Waals surface area contributed by atoms with E-state index in [4.69, 9.17) is 0 Å². The lowest BCUT2D eigenvalue weighted by atomic mass is 10.1. The molecule has 0 rings (SSSR count). The van der Waals surface area contributed by atoms with Crippen LogP contribution in [0.25, 0.3) is 0 Å². The highest BCUT2D eigenvalue weighted by molar-refractivity contribution is 7.89. The summed E-state index contributed by atoms with van der Waals surface area (Å²) in [5.74, 6) is -0.292. The Morgan fingerprint density at radius 1 is 1.31 bits per heavy atom. The molecular formula is C10H22N2O3S. The lowest BCUT2D eigenvalue weighted by Crippen LogP contribution is -2.47. The first-order chi connectivity index (χ1) is 6.97. The smallest absolute Gasteiger partial charge is 0.235 e. The van der Waals surface area contributed by atoms with Gasteiger partial charge < -0.3 is 5.32 Å². The third-order valence-corrected chi connectivity index (χ3v) is 4.10. The zero-order valence-corrected chi connectivity index (χ0v) is 11.7. The Hall–Kier alpha value is -0.620. The van der Waals surface area contributed by atoms with Crippen LogP contribution in [0.1, 0.15) is 34.6 Å². The highest BCUT2D eigenvalue weighted by Crippen LogP contribution is 2.06. The molecule has 0 heterocycles. The summed E-state index contributed by atoms with van der Waals surface area (Å²) in [7, 11) is -1.94. The van der Waals surface area contributed by atoms with Gasteiger partial charge in [-0.2, -0.15) is 4.31 Å². The van der Waals surface area contributed by atoms with E-state index in [1.807, 2.05) is 20.8 Å². The van der Waals surface area contributed by atoms with E-state index in [0.717, 1.165) is 4.31 Å². The van der Waals surface area contributed by atoms with Gasteiger partial charge in [0.15, 0.2) is 0 Å². The van der Waals surface area contributed by atoms with Gasteiger partial charge in [0.05, 0.1) is 11.8 Å². The quantitative estimate of drug-likeness (QED) is 0.793. The van der Waals surface area contributed by atoms with Crippen LogP contribution in [0.15, 0.2) is 0 Å². The number of carbonyl (C=O) groups excluding carboxylic acids is 1. The lowest BCUT2D eigenvalue weighted by Gasteiger charge is -2.24. The van der Waals surface area contributed by atoms with Crippen LogP contribution >= 0.6 is 0 Å². The van der Waals surface area contributed by atoms with E-state index in [1.165, 1.54) is 7.05 Å². The standard InChI is InChI=1S/C10H22N2O3S/c1-8(2)16(14,15)12(6)7-9(13)11-10(3,4)5/h8H,7H2,1-6H3,(H,11,13). The summed E-state index contributed by atoms with van der Waals surface area (Å²) >= 11 is 0. The van der Waals surface area contributed by atoms with Crippen molar-refractivity contribution >= 4 is 15.9 Å². The number of carbonyl (C=O) groups is 1. The monoisotopic (exact) mass is 250 g/mol. The van der Waals surface area contributed by atoms with Gasteiger partial charge >= 0.3 is 0 Å². The van der Waals surface area contributed by atoms with E-state index in [9.17, 15) is 13.2 Å². The first kappa shape index (κ1) is 15.4. The second kappa shape index (κ2) is 5.14. The molecule has 0 aliphatic rings. The predicted molar refractivity (Wildman–Crippen MR) is 64.6 cm³/mol. The number of likely N-dealkylation sites (N-methyl/N-ethyl adjacent to an activating group) is 1. The summed E-state index contributed by atoms with van der Waals surface area (Å²) < 4.78 is 24.4. The number of nitrogens with one attached hydrogen (secondary N) is 1. The topological polar surface area (TPSA) is 66.5 Å². The van der Waals surface area contributed by atoms with Crippen LogP contribution in [0.2, 0.25) is 0 Å². The average molecular weight is 250 g/mol. The van der Waals surface area contributed by atoms with Crippen molar-refractivity contribution in [3.63, 3.8) is 0 Å². The van der Waals surface area contributed by atoms with Crippen molar-refractivity contribution in [1.29, 1.82) is 0 Å². The Morgan fingerprint density at radius 2 is 1.75 bits per heavy atom. The lowest BCUT2D eigenvalue weighted by molar-refractivity contribution is -0.122. The molecule has 0 saturated heterocycles. The fraction of sp³-hybridized carbons (Fsp3) is 0.900. The van der Waals surface area contributed by atoms with Crippen LogP contribution in [0.3, 0.4) is 0 Å². The molecule has 0 bridgehead atoms. The third kappa shape index (κ3) is 4.94. The van der Waals surface area contributed by atoms with Crippen molar-refractivity contribution in [3.05, 3.63) is 0 Å². The molecule has 0 atom stereocenters. The van der Waals surface area contributed by atoms with E-state index in [-0.39, 0.29) is 18.0 Å². The fourth-order valence-corrected chi connectivity index (χ4v) is 2.13. The maximum Gasteiger partial charge on any atom is 0.235 e. The van der Waals surface area contributed by atoms with E-state index < -0.39 is 15.3 Å². The Bertz CT molecular complexity index is 342. The molecule has 0 aliphatic heterocycles. The van der Waals surface area contributed by atoms with Crippen LogP contribution in [-0.2, 0) is 14.8 Å². The number of sulfonamides is 1. The molecule has 0 aliphatic carbocycles. The van der Waals surface area contributed by atoms with Gasteiger partial charge in [-0.15, -0.1) is 0 Å². The number of hydrogen-bond acceptors (Lipinski definition) is 3. The van der Waals surface area contributed by atoms with Crippen molar-refractivity contribution in [3.8, 4) is 0 Å². The van der Waals surface area contributed by atoms with Crippen LogP contribution in [0.4, 0.5) is 0 Å². The van der Waals surface area contributed by atoms with E-state index in [1.54, 1.807) is 13.8 Å². The van der Waals surface area contributed by atoms with Gasteiger partial charge in [0.25, 0.3) is 0 Å². The SMILES string of the molecule is CC(C)S(=O)(=O)N(C)CC(=O)NC(C)(C)C. The molecule has 0 radical (unpaired) electrons. The van der Waals surface area contributed by atoms with Crippen LogP contribution < -0.4 is 5.32 Å². The predicted octanol–water partition coefficient (Wildman–Crippen LogP) is 0.571. The van der Waals surface area contributed by atoms with E-state index >= 15 is 0 Å². The molecule has 0 aromatic heterocycles. The normalized spacial score (nSPS) is 13.2. The minimum atomic E-state index is -3.36. The van der Waals surface area contributed by atoms with Gasteiger partial charge in [0.2, 0.25) is 15.9 Å². The maximum absolute atomic E-state index is 11.7. The molecule has 0 spiro atoms. The largest absolute Gasteiger partial charge is 0.350 e. The average Bonchev–Trinajstić information content (AvgIpc) is 1.99. The molecule has 1 N–H and O–H groups in total. The molecule has 0 unspecified atom stereocenters. The summed E-state index contributed by atoms with van der Waals surface area (Å²) in [6.07, 6.45) is 0.